The number of rotatable bonds is 2. The number of imidazole rings is 1. The largest absolute Gasteiger partial charge is 0.304 e. The zero-order valence-electron chi connectivity index (χ0n) is 6.07. The minimum Gasteiger partial charge on any atom is -0.304 e. The van der Waals surface area contributed by atoms with Gasteiger partial charge in [0.2, 0.25) is 6.49 Å². The van der Waals surface area contributed by atoms with Crippen LogP contribution in [0.2, 0.25) is 0 Å². The summed E-state index contributed by atoms with van der Waals surface area (Å²) in [6.07, 6.45) is 4.71. The fourth-order valence-electron chi connectivity index (χ4n) is 0.757. The van der Waals surface area contributed by atoms with Crippen LogP contribution in [-0.4, -0.2) is 16.2 Å². The first kappa shape index (κ1) is 8.57. The van der Waals surface area contributed by atoms with Crippen LogP contribution < -0.4 is 5.57 Å². The van der Waals surface area contributed by atoms with Crippen molar-refractivity contribution in [3.05, 3.63) is 19.0 Å². The molecule has 3 nitrogen and oxygen atoms in total. The molecule has 0 amide bonds. The van der Waals surface area contributed by atoms with Gasteiger partial charge in [0.1, 0.15) is 0 Å². The highest BCUT2D eigenvalue weighted by molar-refractivity contribution is 7.94. The first-order valence-corrected chi connectivity index (χ1v) is 6.04. The Morgan fingerprint density at radius 3 is 2.91 bits per heavy atom. The monoisotopic (exact) mass is 190 g/mol. The fourth-order valence-corrected chi connectivity index (χ4v) is 1.98. The molecule has 0 bridgehead atoms. The minimum atomic E-state index is -2.77. The van der Waals surface area contributed by atoms with Crippen molar-refractivity contribution in [1.29, 1.82) is 0 Å². The van der Waals surface area contributed by atoms with Crippen LogP contribution in [0, 0.1) is 0 Å². The van der Waals surface area contributed by atoms with Gasteiger partial charge in [0.25, 0.3) is 0 Å². The molecule has 0 aliphatic heterocycles. The van der Waals surface area contributed by atoms with E-state index in [1.807, 2.05) is 0 Å². The lowest BCUT2D eigenvalue weighted by Gasteiger charge is -2.02. The number of aromatic nitrogens is 2. The molecule has 1 heterocycles. The van der Waals surface area contributed by atoms with Crippen molar-refractivity contribution in [3.8, 4) is 0 Å². The van der Waals surface area contributed by atoms with Crippen molar-refractivity contribution in [1.82, 2.24) is 9.55 Å². The highest BCUT2D eigenvalue weighted by Crippen LogP contribution is 2.44. The van der Waals surface area contributed by atoms with Gasteiger partial charge in [-0.1, -0.05) is 6.58 Å². The van der Waals surface area contributed by atoms with E-state index in [9.17, 15) is 4.57 Å². The second-order valence-electron chi connectivity index (χ2n) is 2.14. The summed E-state index contributed by atoms with van der Waals surface area (Å²) in [5.74, 6) is 0. The highest BCUT2D eigenvalue weighted by Gasteiger charge is 2.18. The predicted molar refractivity (Wildman–Crippen MR) is 47.6 cm³/mol. The van der Waals surface area contributed by atoms with Crippen LogP contribution in [0.1, 0.15) is 0 Å². The van der Waals surface area contributed by atoms with Gasteiger partial charge in [-0.2, -0.15) is 0 Å². The van der Waals surface area contributed by atoms with Gasteiger partial charge in [0.05, 0.1) is 0 Å². The van der Waals surface area contributed by atoms with Crippen LogP contribution in [0.25, 0.3) is 6.20 Å². The van der Waals surface area contributed by atoms with Gasteiger partial charge in [-0.25, -0.2) is 4.98 Å². The SMILES string of the molecule is C=Cn1ccnc1P(C)(=O)Cl. The Hall–Kier alpha value is -0.530. The van der Waals surface area contributed by atoms with E-state index in [-0.39, 0.29) is 0 Å². The van der Waals surface area contributed by atoms with Crippen LogP contribution >= 0.6 is 17.7 Å². The van der Waals surface area contributed by atoms with Crippen molar-refractivity contribution in [2.45, 2.75) is 0 Å². The number of nitrogens with zero attached hydrogens (tertiary/aromatic N) is 2. The highest BCUT2D eigenvalue weighted by atomic mass is 35.7. The Morgan fingerprint density at radius 1 is 1.91 bits per heavy atom. The Kier molecular flexibility index (Phi) is 2.21. The van der Waals surface area contributed by atoms with Crippen LogP contribution in [-0.2, 0) is 4.57 Å². The van der Waals surface area contributed by atoms with E-state index in [4.69, 9.17) is 11.2 Å². The summed E-state index contributed by atoms with van der Waals surface area (Å²) in [5, 5.41) is 0. The van der Waals surface area contributed by atoms with Crippen molar-refractivity contribution in [3.63, 3.8) is 0 Å². The lowest BCUT2D eigenvalue weighted by molar-refractivity contribution is 0.592. The zero-order chi connectivity index (χ0) is 8.48. The first-order chi connectivity index (χ1) is 5.05. The van der Waals surface area contributed by atoms with Crippen LogP contribution in [0.4, 0.5) is 0 Å². The minimum absolute atomic E-state index is 0.370. The van der Waals surface area contributed by atoms with Gasteiger partial charge < -0.3 is 4.57 Å². The van der Waals surface area contributed by atoms with E-state index in [1.165, 1.54) is 19.1 Å². The molecule has 1 atom stereocenters. The van der Waals surface area contributed by atoms with Crippen molar-refractivity contribution in [2.75, 3.05) is 6.66 Å². The lowest BCUT2D eigenvalue weighted by atomic mass is 10.9. The molecule has 11 heavy (non-hydrogen) atoms. The molecule has 0 saturated carbocycles. The van der Waals surface area contributed by atoms with Gasteiger partial charge in [0, 0.05) is 25.3 Å². The third kappa shape index (κ3) is 1.73. The zero-order valence-corrected chi connectivity index (χ0v) is 7.72. The first-order valence-electron chi connectivity index (χ1n) is 2.99. The average Bonchev–Trinajstić information content (AvgIpc) is 2.31. The van der Waals surface area contributed by atoms with E-state index >= 15 is 0 Å². The van der Waals surface area contributed by atoms with Crippen molar-refractivity contribution >= 4 is 29.5 Å². The summed E-state index contributed by atoms with van der Waals surface area (Å²) in [4.78, 5) is 3.85. The lowest BCUT2D eigenvalue weighted by Crippen LogP contribution is -2.11. The van der Waals surface area contributed by atoms with Gasteiger partial charge in [-0.15, -0.1) is 0 Å². The maximum Gasteiger partial charge on any atom is 0.228 e. The number of hydrogen-bond donors (Lipinski definition) is 0. The standard InChI is InChI=1S/C6H8ClN2OP/c1-3-9-5-4-8-6(9)11(2,7)10/h3-5H,1H2,2H3. The van der Waals surface area contributed by atoms with Gasteiger partial charge in [0.15, 0.2) is 5.57 Å². The third-order valence-corrected chi connectivity index (χ3v) is 2.72. The molecule has 0 aromatic carbocycles. The van der Waals surface area contributed by atoms with Crippen molar-refractivity contribution < 1.29 is 4.57 Å². The summed E-state index contributed by atoms with van der Waals surface area (Å²) < 4.78 is 12.8. The summed E-state index contributed by atoms with van der Waals surface area (Å²) in [7, 11) is 0. The van der Waals surface area contributed by atoms with Crippen LogP contribution in [0.5, 0.6) is 0 Å². The molecular weight excluding hydrogens is 183 g/mol. The Balaban J connectivity index is 3.23. The second kappa shape index (κ2) is 2.84. The molecule has 0 aliphatic carbocycles. The Bertz CT molecular complexity index is 314. The molecule has 1 aromatic heterocycles. The summed E-state index contributed by atoms with van der Waals surface area (Å²) in [6, 6.07) is 0. The molecule has 1 unspecified atom stereocenters. The molecule has 1 rings (SSSR count). The molecule has 0 saturated heterocycles. The summed E-state index contributed by atoms with van der Waals surface area (Å²) >= 11 is 5.61. The normalized spacial score (nSPS) is 15.8. The molecule has 60 valence electrons. The maximum atomic E-state index is 11.3. The second-order valence-corrected chi connectivity index (χ2v) is 6.11. The molecule has 1 aromatic rings. The molecule has 0 radical (unpaired) electrons. The molecule has 5 heteroatoms. The molecule has 0 N–H and O–H groups in total. The molecule has 0 fully saturated rings. The fraction of sp³-hybridized carbons (Fsp3) is 0.167. The number of halogens is 1. The van der Waals surface area contributed by atoms with E-state index in [1.54, 1.807) is 10.8 Å². The van der Waals surface area contributed by atoms with Gasteiger partial charge >= 0.3 is 0 Å². The molecule has 0 aliphatic rings. The van der Waals surface area contributed by atoms with E-state index in [2.05, 4.69) is 11.6 Å². The van der Waals surface area contributed by atoms with Gasteiger partial charge in [-0.3, -0.25) is 4.57 Å². The van der Waals surface area contributed by atoms with E-state index in [0.717, 1.165) is 0 Å². The third-order valence-electron chi connectivity index (χ3n) is 1.20. The Labute approximate surface area is 69.9 Å². The quantitative estimate of drug-likeness (QED) is 0.666. The van der Waals surface area contributed by atoms with Crippen molar-refractivity contribution in [2.24, 2.45) is 0 Å². The van der Waals surface area contributed by atoms with Crippen LogP contribution in [0.3, 0.4) is 0 Å². The molecular formula is C6H8ClN2OP. The Morgan fingerprint density at radius 2 is 2.55 bits per heavy atom. The predicted octanol–water partition coefficient (Wildman–Crippen LogP) is 1.76. The van der Waals surface area contributed by atoms with Crippen LogP contribution in [0.15, 0.2) is 19.0 Å². The average molecular weight is 191 g/mol. The molecule has 0 spiro atoms. The summed E-state index contributed by atoms with van der Waals surface area (Å²) in [5.41, 5.74) is 0.370. The smallest absolute Gasteiger partial charge is 0.228 e. The van der Waals surface area contributed by atoms with E-state index in [0.29, 0.717) is 5.57 Å². The summed E-state index contributed by atoms with van der Waals surface area (Å²) in [6.45, 7) is 2.20. The van der Waals surface area contributed by atoms with E-state index < -0.39 is 6.49 Å². The number of hydrogen-bond acceptors (Lipinski definition) is 2. The van der Waals surface area contributed by atoms with Gasteiger partial charge in [-0.05, 0) is 11.2 Å². The topological polar surface area (TPSA) is 34.9 Å². The maximum absolute atomic E-state index is 11.3.